The first-order valence-corrected chi connectivity index (χ1v) is 8.87. The normalized spacial score (nSPS) is 14.3. The van der Waals surface area contributed by atoms with Crippen LogP contribution in [0.5, 0.6) is 0 Å². The Morgan fingerprint density at radius 1 is 1.40 bits per heavy atom. The summed E-state index contributed by atoms with van der Waals surface area (Å²) < 4.78 is 0. The molecule has 110 valence electrons. The minimum absolute atomic E-state index is 0.522. The van der Waals surface area contributed by atoms with Gasteiger partial charge in [-0.3, -0.25) is 0 Å². The molecule has 0 saturated heterocycles. The van der Waals surface area contributed by atoms with Crippen LogP contribution in [0.25, 0.3) is 0 Å². The number of rotatable bonds is 8. The molecule has 20 heavy (non-hydrogen) atoms. The molecule has 4 heteroatoms. The van der Waals surface area contributed by atoms with Gasteiger partial charge in [-0.1, -0.05) is 32.1 Å². The van der Waals surface area contributed by atoms with Gasteiger partial charge in [0, 0.05) is 29.2 Å². The molecule has 0 bridgehead atoms. The first-order chi connectivity index (χ1) is 9.67. The second-order valence-corrected chi connectivity index (χ2v) is 7.08. The molecule has 1 aliphatic rings. The number of nitrogens with zero attached hydrogens (tertiary/aromatic N) is 1. The van der Waals surface area contributed by atoms with Gasteiger partial charge < -0.3 is 10.6 Å². The fraction of sp³-hybridized carbons (Fsp3) is 0.562. The molecule has 1 aliphatic carbocycles. The minimum Gasteiger partial charge on any atom is -0.389 e. The molecule has 2 N–H and O–H groups in total. The van der Waals surface area contributed by atoms with Gasteiger partial charge >= 0.3 is 0 Å². The van der Waals surface area contributed by atoms with Crippen molar-refractivity contribution in [3.63, 3.8) is 0 Å². The average Bonchev–Trinajstić information content (AvgIpc) is 3.22. The molecular weight excluding hydrogens is 284 g/mol. The highest BCUT2D eigenvalue weighted by atomic mass is 32.2. The number of thioether (sulfide) groups is 1. The molecule has 0 heterocycles. The molecule has 1 fully saturated rings. The fourth-order valence-electron chi connectivity index (χ4n) is 2.50. The molecule has 2 rings (SSSR count). The number of nitrogens with two attached hydrogens (primary N) is 1. The van der Waals surface area contributed by atoms with Crippen molar-refractivity contribution in [2.24, 2.45) is 11.7 Å². The van der Waals surface area contributed by atoms with Gasteiger partial charge in [0.25, 0.3) is 0 Å². The summed E-state index contributed by atoms with van der Waals surface area (Å²) in [5, 5.41) is 0. The number of hydrogen-bond acceptors (Lipinski definition) is 3. The van der Waals surface area contributed by atoms with E-state index in [4.69, 9.17) is 18.0 Å². The van der Waals surface area contributed by atoms with Crippen molar-refractivity contribution in [2.45, 2.75) is 38.0 Å². The molecule has 1 aromatic carbocycles. The van der Waals surface area contributed by atoms with Crippen molar-refractivity contribution in [3.8, 4) is 0 Å². The van der Waals surface area contributed by atoms with E-state index in [2.05, 4.69) is 36.9 Å². The highest BCUT2D eigenvalue weighted by Crippen LogP contribution is 2.35. The van der Waals surface area contributed by atoms with E-state index in [0.717, 1.165) is 36.7 Å². The zero-order valence-electron chi connectivity index (χ0n) is 12.4. The maximum absolute atomic E-state index is 6.02. The van der Waals surface area contributed by atoms with Crippen LogP contribution < -0.4 is 10.6 Å². The lowest BCUT2D eigenvalue weighted by atomic mass is 10.1. The summed E-state index contributed by atoms with van der Waals surface area (Å²) in [5.41, 5.74) is 8.32. The Hall–Kier alpha value is -0.740. The van der Waals surface area contributed by atoms with Crippen LogP contribution in [0.4, 0.5) is 5.69 Å². The van der Waals surface area contributed by atoms with Crippen molar-refractivity contribution < 1.29 is 0 Å². The van der Waals surface area contributed by atoms with Gasteiger partial charge in [0.1, 0.15) is 4.99 Å². The topological polar surface area (TPSA) is 29.3 Å². The van der Waals surface area contributed by atoms with Gasteiger partial charge in [0.2, 0.25) is 0 Å². The van der Waals surface area contributed by atoms with Crippen molar-refractivity contribution in [3.05, 3.63) is 23.8 Å². The number of thiocarbonyl (C=S) groups is 1. The van der Waals surface area contributed by atoms with E-state index in [-0.39, 0.29) is 0 Å². The number of hydrogen-bond donors (Lipinski definition) is 1. The molecule has 0 aromatic heterocycles. The molecule has 0 spiro atoms. The van der Waals surface area contributed by atoms with Crippen LogP contribution in [0.15, 0.2) is 23.1 Å². The van der Waals surface area contributed by atoms with E-state index in [0.29, 0.717) is 4.99 Å². The first kappa shape index (κ1) is 15.6. The number of anilines is 1. The maximum Gasteiger partial charge on any atom is 0.107 e. The monoisotopic (exact) mass is 308 g/mol. The lowest BCUT2D eigenvalue weighted by Crippen LogP contribution is -2.29. The first-order valence-electron chi connectivity index (χ1n) is 7.47. The molecular formula is C16H24N2S2. The maximum atomic E-state index is 6.02. The fourth-order valence-corrected chi connectivity index (χ4v) is 3.62. The van der Waals surface area contributed by atoms with Crippen LogP contribution >= 0.6 is 24.0 Å². The van der Waals surface area contributed by atoms with Gasteiger partial charge in [-0.15, -0.1) is 11.8 Å². The van der Waals surface area contributed by atoms with Crippen molar-refractivity contribution >= 4 is 34.7 Å². The van der Waals surface area contributed by atoms with Gasteiger partial charge in [0.15, 0.2) is 0 Å². The highest BCUT2D eigenvalue weighted by molar-refractivity contribution is 7.99. The summed E-state index contributed by atoms with van der Waals surface area (Å²) in [5.74, 6) is 1.90. The lowest BCUT2D eigenvalue weighted by Gasteiger charge is -2.27. The Kier molecular flexibility index (Phi) is 5.73. The second kappa shape index (κ2) is 7.32. The molecule has 0 unspecified atom stereocenters. The van der Waals surface area contributed by atoms with Crippen LogP contribution in [0.2, 0.25) is 0 Å². The lowest BCUT2D eigenvalue weighted by molar-refractivity contribution is 0.707. The molecule has 1 saturated carbocycles. The second-order valence-electron chi connectivity index (χ2n) is 5.34. The molecule has 2 nitrogen and oxygen atoms in total. The Bertz CT molecular complexity index is 470. The third kappa shape index (κ3) is 3.89. The SMILES string of the molecule is CCCN(CC1CC1)c1cccc(SCC)c1C(N)=S. The van der Waals surface area contributed by atoms with Crippen molar-refractivity contribution in [1.82, 2.24) is 0 Å². The minimum atomic E-state index is 0.522. The molecule has 0 radical (unpaired) electrons. The van der Waals surface area contributed by atoms with Gasteiger partial charge in [-0.2, -0.15) is 0 Å². The summed E-state index contributed by atoms with van der Waals surface area (Å²) in [4.78, 5) is 4.22. The van der Waals surface area contributed by atoms with E-state index >= 15 is 0 Å². The molecule has 0 atom stereocenters. The van der Waals surface area contributed by atoms with Crippen molar-refractivity contribution in [2.75, 3.05) is 23.7 Å². The van der Waals surface area contributed by atoms with Crippen LogP contribution in [-0.4, -0.2) is 23.8 Å². The van der Waals surface area contributed by atoms with Gasteiger partial charge in [-0.05, 0) is 43.1 Å². The van der Waals surface area contributed by atoms with E-state index in [1.165, 1.54) is 23.4 Å². The van der Waals surface area contributed by atoms with Gasteiger partial charge in [0.05, 0.1) is 0 Å². The van der Waals surface area contributed by atoms with E-state index in [1.54, 1.807) is 0 Å². The van der Waals surface area contributed by atoms with Crippen LogP contribution in [-0.2, 0) is 0 Å². The Morgan fingerprint density at radius 2 is 2.15 bits per heavy atom. The predicted molar refractivity (Wildman–Crippen MR) is 94.0 cm³/mol. The van der Waals surface area contributed by atoms with Crippen LogP contribution in [0.3, 0.4) is 0 Å². The molecule has 0 amide bonds. The summed E-state index contributed by atoms with van der Waals surface area (Å²) in [7, 11) is 0. The largest absolute Gasteiger partial charge is 0.389 e. The predicted octanol–water partition coefficient (Wildman–Crippen LogP) is 4.06. The summed E-state index contributed by atoms with van der Waals surface area (Å²) in [6, 6.07) is 6.43. The number of benzene rings is 1. The molecule has 0 aliphatic heterocycles. The standard InChI is InChI=1S/C16H24N2S2/c1-3-10-18(11-12-8-9-12)13-6-5-7-14(20-4-2)15(13)16(17)19/h5-7,12H,3-4,8-11H2,1-2H3,(H2,17,19). The van der Waals surface area contributed by atoms with Crippen LogP contribution in [0, 0.1) is 5.92 Å². The third-order valence-corrected chi connectivity index (χ3v) is 4.70. The van der Waals surface area contributed by atoms with Crippen molar-refractivity contribution in [1.29, 1.82) is 0 Å². The average molecular weight is 309 g/mol. The third-order valence-electron chi connectivity index (χ3n) is 3.56. The van der Waals surface area contributed by atoms with E-state index in [9.17, 15) is 0 Å². The van der Waals surface area contributed by atoms with Crippen LogP contribution in [0.1, 0.15) is 38.7 Å². The zero-order valence-corrected chi connectivity index (χ0v) is 14.0. The summed E-state index contributed by atoms with van der Waals surface area (Å²) in [6.07, 6.45) is 3.88. The Morgan fingerprint density at radius 3 is 2.70 bits per heavy atom. The summed E-state index contributed by atoms with van der Waals surface area (Å²) >= 11 is 7.14. The summed E-state index contributed by atoms with van der Waals surface area (Å²) in [6.45, 7) is 6.61. The molecule has 1 aromatic rings. The van der Waals surface area contributed by atoms with E-state index < -0.39 is 0 Å². The van der Waals surface area contributed by atoms with E-state index in [1.807, 2.05) is 11.8 Å². The Labute approximate surface area is 132 Å². The van der Waals surface area contributed by atoms with Gasteiger partial charge in [-0.25, -0.2) is 0 Å². The highest BCUT2D eigenvalue weighted by Gasteiger charge is 2.26. The smallest absolute Gasteiger partial charge is 0.107 e. The quantitative estimate of drug-likeness (QED) is 0.579. The Balaban J connectivity index is 2.35. The zero-order chi connectivity index (χ0) is 14.5.